The lowest BCUT2D eigenvalue weighted by Crippen LogP contribution is -2.07. The third-order valence-corrected chi connectivity index (χ3v) is 5.97. The first kappa shape index (κ1) is 13.2. The highest BCUT2D eigenvalue weighted by atomic mass is 32.2. The molecule has 3 aromatic rings. The molecule has 1 saturated carbocycles. The van der Waals surface area contributed by atoms with Crippen LogP contribution in [0.15, 0.2) is 59.5 Å². The molecule has 0 spiro atoms. The summed E-state index contributed by atoms with van der Waals surface area (Å²) in [6.07, 6.45) is 7.01. The smallest absolute Gasteiger partial charge is 0.0153 e. The summed E-state index contributed by atoms with van der Waals surface area (Å²) in [5.41, 5.74) is 0. The van der Waals surface area contributed by atoms with Gasteiger partial charge in [-0.05, 0) is 52.6 Å². The maximum Gasteiger partial charge on any atom is 0.0153 e. The highest BCUT2D eigenvalue weighted by molar-refractivity contribution is 8.00. The van der Waals surface area contributed by atoms with Crippen molar-refractivity contribution < 1.29 is 0 Å². The Morgan fingerprint density at radius 3 is 2.24 bits per heavy atom. The van der Waals surface area contributed by atoms with E-state index in [4.69, 9.17) is 0 Å². The second-order valence-electron chi connectivity index (χ2n) is 6.05. The van der Waals surface area contributed by atoms with Crippen LogP contribution in [0.5, 0.6) is 0 Å². The molecular formula is C20H20S. The molecule has 1 heteroatoms. The van der Waals surface area contributed by atoms with Gasteiger partial charge in [0.25, 0.3) is 0 Å². The molecule has 0 radical (unpaired) electrons. The topological polar surface area (TPSA) is 0 Å². The zero-order valence-corrected chi connectivity index (χ0v) is 13.0. The second-order valence-corrected chi connectivity index (χ2v) is 7.40. The highest BCUT2D eigenvalue weighted by Crippen LogP contribution is 2.38. The van der Waals surface area contributed by atoms with Crippen molar-refractivity contribution in [1.82, 2.24) is 0 Å². The molecule has 0 N–H and O–H groups in total. The average Bonchev–Trinajstić information content (AvgIpc) is 2.54. The average molecular weight is 292 g/mol. The fourth-order valence-electron chi connectivity index (χ4n) is 3.40. The van der Waals surface area contributed by atoms with Crippen molar-refractivity contribution in [3.63, 3.8) is 0 Å². The Bertz CT molecular complexity index is 769. The molecular weight excluding hydrogens is 272 g/mol. The van der Waals surface area contributed by atoms with Gasteiger partial charge >= 0.3 is 0 Å². The van der Waals surface area contributed by atoms with Crippen molar-refractivity contribution in [2.45, 2.75) is 42.2 Å². The molecule has 0 amide bonds. The number of hydrogen-bond acceptors (Lipinski definition) is 1. The van der Waals surface area contributed by atoms with Gasteiger partial charge in [0, 0.05) is 10.1 Å². The maximum atomic E-state index is 2.37. The number of fused-ring (bicyclic) bond motifs is 2. The summed E-state index contributed by atoms with van der Waals surface area (Å²) in [5.74, 6) is 0. The van der Waals surface area contributed by atoms with Gasteiger partial charge in [-0.2, -0.15) is 0 Å². The van der Waals surface area contributed by atoms with Crippen molar-refractivity contribution in [2.24, 2.45) is 0 Å². The van der Waals surface area contributed by atoms with E-state index in [2.05, 4.69) is 66.4 Å². The molecule has 21 heavy (non-hydrogen) atoms. The third-order valence-electron chi connectivity index (χ3n) is 4.55. The largest absolute Gasteiger partial charge is 0.122 e. The molecule has 106 valence electrons. The summed E-state index contributed by atoms with van der Waals surface area (Å²) in [5, 5.41) is 6.30. The molecule has 1 fully saturated rings. The van der Waals surface area contributed by atoms with Crippen LogP contribution in [0.25, 0.3) is 21.5 Å². The number of benzene rings is 3. The molecule has 1 aliphatic carbocycles. The van der Waals surface area contributed by atoms with Crippen LogP contribution in [0, 0.1) is 0 Å². The summed E-state index contributed by atoms with van der Waals surface area (Å²) < 4.78 is 0. The normalized spacial score (nSPS) is 16.6. The van der Waals surface area contributed by atoms with E-state index in [9.17, 15) is 0 Å². The highest BCUT2D eigenvalue weighted by Gasteiger charge is 2.15. The second kappa shape index (κ2) is 5.73. The zero-order chi connectivity index (χ0) is 14.1. The number of hydrogen-bond donors (Lipinski definition) is 0. The molecule has 0 atom stereocenters. The lowest BCUT2D eigenvalue weighted by molar-refractivity contribution is 0.516. The van der Waals surface area contributed by atoms with Crippen LogP contribution in [0.4, 0.5) is 0 Å². The van der Waals surface area contributed by atoms with Crippen molar-refractivity contribution in [3.8, 4) is 0 Å². The van der Waals surface area contributed by atoms with Gasteiger partial charge in [0.1, 0.15) is 0 Å². The van der Waals surface area contributed by atoms with Gasteiger partial charge in [0.15, 0.2) is 0 Å². The predicted molar refractivity (Wildman–Crippen MR) is 94.2 cm³/mol. The molecule has 3 aromatic carbocycles. The van der Waals surface area contributed by atoms with Crippen LogP contribution in [0.3, 0.4) is 0 Å². The van der Waals surface area contributed by atoms with Crippen molar-refractivity contribution >= 4 is 33.3 Å². The van der Waals surface area contributed by atoms with Crippen LogP contribution in [0.1, 0.15) is 32.1 Å². The van der Waals surface area contributed by atoms with Crippen LogP contribution >= 0.6 is 11.8 Å². The molecule has 0 nitrogen and oxygen atoms in total. The standard InChI is InChI=1S/C20H20S/c1-2-10-18(11-3-1)21-20-12-6-9-17-13-15-7-4-5-8-16(15)14-19(17)20/h4-9,12-14,18H,1-3,10-11H2. The van der Waals surface area contributed by atoms with E-state index in [1.807, 2.05) is 0 Å². The van der Waals surface area contributed by atoms with Gasteiger partial charge in [-0.15, -0.1) is 11.8 Å². The molecule has 1 aliphatic rings. The van der Waals surface area contributed by atoms with Crippen LogP contribution in [-0.4, -0.2) is 5.25 Å². The van der Waals surface area contributed by atoms with E-state index in [0.29, 0.717) is 0 Å². The van der Waals surface area contributed by atoms with E-state index >= 15 is 0 Å². The van der Waals surface area contributed by atoms with Gasteiger partial charge in [-0.1, -0.05) is 55.7 Å². The van der Waals surface area contributed by atoms with Crippen LogP contribution < -0.4 is 0 Å². The third kappa shape index (κ3) is 2.67. The Hall–Kier alpha value is -1.47. The SMILES string of the molecule is c1ccc2cc3c(SC4CCCCC4)cccc3cc2c1. The van der Waals surface area contributed by atoms with Gasteiger partial charge in [0.05, 0.1) is 0 Å². The lowest BCUT2D eigenvalue weighted by Gasteiger charge is -2.21. The Labute approximate surface area is 130 Å². The predicted octanol–water partition coefficient (Wildman–Crippen LogP) is 6.42. The Morgan fingerprint density at radius 1 is 0.714 bits per heavy atom. The molecule has 0 aromatic heterocycles. The van der Waals surface area contributed by atoms with Crippen LogP contribution in [0.2, 0.25) is 0 Å². The summed E-state index contributed by atoms with van der Waals surface area (Å²) in [4.78, 5) is 1.46. The molecule has 4 rings (SSSR count). The summed E-state index contributed by atoms with van der Waals surface area (Å²) in [6, 6.07) is 20.1. The van der Waals surface area contributed by atoms with Gasteiger partial charge in [0.2, 0.25) is 0 Å². The molecule has 0 aliphatic heterocycles. The fourth-order valence-corrected chi connectivity index (χ4v) is 4.79. The van der Waals surface area contributed by atoms with Crippen LogP contribution in [-0.2, 0) is 0 Å². The van der Waals surface area contributed by atoms with Crippen molar-refractivity contribution in [1.29, 1.82) is 0 Å². The van der Waals surface area contributed by atoms with Gasteiger partial charge in [-0.3, -0.25) is 0 Å². The number of thioether (sulfide) groups is 1. The van der Waals surface area contributed by atoms with Crippen molar-refractivity contribution in [2.75, 3.05) is 0 Å². The van der Waals surface area contributed by atoms with E-state index in [-0.39, 0.29) is 0 Å². The van der Waals surface area contributed by atoms with E-state index in [1.165, 1.54) is 58.5 Å². The monoisotopic (exact) mass is 292 g/mol. The van der Waals surface area contributed by atoms with Gasteiger partial charge < -0.3 is 0 Å². The van der Waals surface area contributed by atoms with Crippen molar-refractivity contribution in [3.05, 3.63) is 54.6 Å². The zero-order valence-electron chi connectivity index (χ0n) is 12.2. The Balaban J connectivity index is 1.78. The first-order valence-electron chi connectivity index (χ1n) is 7.98. The quantitative estimate of drug-likeness (QED) is 0.491. The first-order chi connectivity index (χ1) is 10.4. The molecule has 0 saturated heterocycles. The lowest BCUT2D eigenvalue weighted by atomic mass is 10.0. The van der Waals surface area contributed by atoms with Gasteiger partial charge in [-0.25, -0.2) is 0 Å². The minimum Gasteiger partial charge on any atom is -0.122 e. The Morgan fingerprint density at radius 2 is 1.43 bits per heavy atom. The molecule has 0 bridgehead atoms. The summed E-state index contributed by atoms with van der Waals surface area (Å²) in [6.45, 7) is 0. The molecule has 0 unspecified atom stereocenters. The fraction of sp³-hybridized carbons (Fsp3) is 0.300. The Kier molecular flexibility index (Phi) is 3.60. The van der Waals surface area contributed by atoms with E-state index < -0.39 is 0 Å². The first-order valence-corrected chi connectivity index (χ1v) is 8.86. The summed E-state index contributed by atoms with van der Waals surface area (Å²) in [7, 11) is 0. The minimum atomic E-state index is 0.816. The summed E-state index contributed by atoms with van der Waals surface area (Å²) >= 11 is 2.10. The molecule has 0 heterocycles. The maximum absolute atomic E-state index is 2.37. The minimum absolute atomic E-state index is 0.816. The van der Waals surface area contributed by atoms with E-state index in [1.54, 1.807) is 0 Å². The van der Waals surface area contributed by atoms with E-state index in [0.717, 1.165) is 5.25 Å². The number of rotatable bonds is 2.